The molecule has 1 aliphatic rings. The van der Waals surface area contributed by atoms with Crippen LogP contribution in [0, 0.1) is 11.3 Å². The summed E-state index contributed by atoms with van der Waals surface area (Å²) >= 11 is 4.31. The lowest BCUT2D eigenvalue weighted by molar-refractivity contribution is -0.115. The summed E-state index contributed by atoms with van der Waals surface area (Å²) < 4.78 is 6.49. The number of nitrogens with one attached hydrogen (secondary N) is 1. The second-order valence-electron chi connectivity index (χ2n) is 5.10. The van der Waals surface area contributed by atoms with Gasteiger partial charge in [-0.25, -0.2) is 0 Å². The lowest BCUT2D eigenvalue weighted by Crippen LogP contribution is -2.17. The molecule has 2 amide bonds. The van der Waals surface area contributed by atoms with Crippen molar-refractivity contribution in [1.29, 1.82) is 5.26 Å². The predicted molar refractivity (Wildman–Crippen MR) is 98.7 cm³/mol. The van der Waals surface area contributed by atoms with Gasteiger partial charge in [0.1, 0.15) is 12.4 Å². The number of rotatable bonds is 4. The zero-order chi connectivity index (χ0) is 17.8. The van der Waals surface area contributed by atoms with E-state index in [1.165, 1.54) is 0 Å². The average molecular weight is 415 g/mol. The molecule has 7 heteroatoms. The van der Waals surface area contributed by atoms with Gasteiger partial charge >= 0.3 is 0 Å². The second kappa shape index (κ2) is 7.55. The molecule has 1 aliphatic heterocycles. The Morgan fingerprint density at radius 1 is 1.24 bits per heavy atom. The third-order valence-electron chi connectivity index (χ3n) is 3.42. The van der Waals surface area contributed by atoms with Gasteiger partial charge in [-0.2, -0.15) is 5.26 Å². The molecule has 0 atom stereocenters. The van der Waals surface area contributed by atoms with E-state index >= 15 is 0 Å². The van der Waals surface area contributed by atoms with Crippen LogP contribution in [0.4, 0.5) is 4.79 Å². The number of hydrogen-bond donors (Lipinski definition) is 1. The molecule has 1 saturated heterocycles. The van der Waals surface area contributed by atoms with Gasteiger partial charge in [-0.15, -0.1) is 0 Å². The molecule has 2 aromatic rings. The number of benzene rings is 2. The number of carbonyl (C=O) groups is 2. The first-order valence-electron chi connectivity index (χ1n) is 7.22. The Balaban J connectivity index is 1.74. The number of carbonyl (C=O) groups excluding carboxylic acids is 2. The number of ether oxygens (including phenoxy) is 1. The van der Waals surface area contributed by atoms with Crippen LogP contribution < -0.4 is 10.1 Å². The normalized spacial score (nSPS) is 15.1. The first-order valence-corrected chi connectivity index (χ1v) is 8.83. The minimum Gasteiger partial charge on any atom is -0.488 e. The summed E-state index contributed by atoms with van der Waals surface area (Å²) in [5.41, 5.74) is 2.15. The summed E-state index contributed by atoms with van der Waals surface area (Å²) in [6.07, 6.45) is 1.64. The molecule has 0 spiro atoms. The number of nitrogens with zero attached hydrogens (tertiary/aromatic N) is 1. The topological polar surface area (TPSA) is 79.2 Å². The van der Waals surface area contributed by atoms with E-state index in [0.29, 0.717) is 20.7 Å². The quantitative estimate of drug-likeness (QED) is 0.757. The molecule has 25 heavy (non-hydrogen) atoms. The average Bonchev–Trinajstić information content (AvgIpc) is 2.91. The number of hydrogen-bond acceptors (Lipinski definition) is 5. The fourth-order valence-corrected chi connectivity index (χ4v) is 3.40. The van der Waals surface area contributed by atoms with Crippen molar-refractivity contribution in [1.82, 2.24) is 5.32 Å². The van der Waals surface area contributed by atoms with Gasteiger partial charge in [0.2, 0.25) is 0 Å². The first kappa shape index (κ1) is 17.3. The number of halogens is 1. The summed E-state index contributed by atoms with van der Waals surface area (Å²) in [6, 6.07) is 14.8. The van der Waals surface area contributed by atoms with Gasteiger partial charge in [0.05, 0.1) is 21.0 Å². The molecule has 124 valence electrons. The fraction of sp³-hybridized carbons (Fsp3) is 0.0556. The molecule has 1 fully saturated rings. The summed E-state index contributed by atoms with van der Waals surface area (Å²) in [5, 5.41) is 10.9. The maximum Gasteiger partial charge on any atom is 0.290 e. The Labute approximate surface area is 156 Å². The SMILES string of the molecule is N#Cc1ccccc1COc1ccc(C=C2SC(=O)NC2=O)cc1Br. The molecule has 3 rings (SSSR count). The van der Waals surface area contributed by atoms with Crippen LogP contribution >= 0.6 is 27.7 Å². The molecule has 5 nitrogen and oxygen atoms in total. The summed E-state index contributed by atoms with van der Waals surface area (Å²) in [6.45, 7) is 0.273. The molecule has 2 aromatic carbocycles. The van der Waals surface area contributed by atoms with E-state index in [1.807, 2.05) is 18.2 Å². The molecular formula is C18H11BrN2O3S. The van der Waals surface area contributed by atoms with Crippen LogP contribution in [0.25, 0.3) is 6.08 Å². The molecule has 0 saturated carbocycles. The maximum absolute atomic E-state index is 11.6. The monoisotopic (exact) mass is 414 g/mol. The zero-order valence-corrected chi connectivity index (χ0v) is 15.2. The Kier molecular flexibility index (Phi) is 5.22. The van der Waals surface area contributed by atoms with Gasteiger partial charge in [-0.1, -0.05) is 24.3 Å². The Morgan fingerprint density at radius 2 is 2.04 bits per heavy atom. The van der Waals surface area contributed by atoms with E-state index in [-0.39, 0.29) is 17.8 Å². The Bertz CT molecular complexity index is 934. The van der Waals surface area contributed by atoms with Crippen molar-refractivity contribution in [2.24, 2.45) is 0 Å². The van der Waals surface area contributed by atoms with Crippen molar-refractivity contribution in [3.63, 3.8) is 0 Å². The van der Waals surface area contributed by atoms with Crippen LogP contribution in [0.5, 0.6) is 5.75 Å². The van der Waals surface area contributed by atoms with Crippen LogP contribution in [0.2, 0.25) is 0 Å². The smallest absolute Gasteiger partial charge is 0.290 e. The van der Waals surface area contributed by atoms with Gasteiger partial charge in [0, 0.05) is 5.56 Å². The van der Waals surface area contributed by atoms with E-state index < -0.39 is 0 Å². The molecule has 0 radical (unpaired) electrons. The van der Waals surface area contributed by atoms with Crippen molar-refractivity contribution in [3.05, 3.63) is 68.5 Å². The number of thioether (sulfide) groups is 1. The Hall–Kier alpha value is -2.56. The standard InChI is InChI=1S/C18H11BrN2O3S/c19-14-7-11(8-16-17(22)21-18(23)25-16)5-6-15(14)24-10-13-4-2-1-3-12(13)9-20/h1-8H,10H2,(H,21,22,23). The molecular weight excluding hydrogens is 404 g/mol. The first-order chi connectivity index (χ1) is 12.1. The van der Waals surface area contributed by atoms with Crippen LogP contribution in [-0.2, 0) is 11.4 Å². The largest absolute Gasteiger partial charge is 0.488 e. The fourth-order valence-electron chi connectivity index (χ4n) is 2.21. The third-order valence-corrected chi connectivity index (χ3v) is 4.85. The van der Waals surface area contributed by atoms with Crippen molar-refractivity contribution in [2.45, 2.75) is 6.61 Å². The number of nitriles is 1. The zero-order valence-electron chi connectivity index (χ0n) is 12.8. The molecule has 0 aromatic heterocycles. The molecule has 1 N–H and O–H groups in total. The highest BCUT2D eigenvalue weighted by molar-refractivity contribution is 9.10. The maximum atomic E-state index is 11.6. The predicted octanol–water partition coefficient (Wildman–Crippen LogP) is 4.22. The van der Waals surface area contributed by atoms with Gasteiger partial charge in [0.15, 0.2) is 0 Å². The Morgan fingerprint density at radius 3 is 2.72 bits per heavy atom. The number of amides is 2. The molecule has 0 aliphatic carbocycles. The van der Waals surface area contributed by atoms with Crippen molar-refractivity contribution in [3.8, 4) is 11.8 Å². The van der Waals surface area contributed by atoms with E-state index in [0.717, 1.165) is 22.9 Å². The van der Waals surface area contributed by atoms with Crippen LogP contribution in [0.1, 0.15) is 16.7 Å². The van der Waals surface area contributed by atoms with Crippen LogP contribution in [0.3, 0.4) is 0 Å². The number of imide groups is 1. The third kappa shape index (κ3) is 4.10. The van der Waals surface area contributed by atoms with Crippen molar-refractivity contribution < 1.29 is 14.3 Å². The van der Waals surface area contributed by atoms with Crippen LogP contribution in [0.15, 0.2) is 51.8 Å². The van der Waals surface area contributed by atoms with Gasteiger partial charge in [-0.05, 0) is 57.5 Å². The van der Waals surface area contributed by atoms with E-state index in [1.54, 1.807) is 30.3 Å². The molecule has 0 bridgehead atoms. The highest BCUT2D eigenvalue weighted by Crippen LogP contribution is 2.30. The summed E-state index contributed by atoms with van der Waals surface area (Å²) in [7, 11) is 0. The summed E-state index contributed by atoms with van der Waals surface area (Å²) in [5.74, 6) is 0.231. The van der Waals surface area contributed by atoms with Crippen molar-refractivity contribution in [2.75, 3.05) is 0 Å². The molecule has 0 unspecified atom stereocenters. The lowest BCUT2D eigenvalue weighted by Gasteiger charge is -2.10. The lowest BCUT2D eigenvalue weighted by atomic mass is 10.1. The van der Waals surface area contributed by atoms with Crippen LogP contribution in [-0.4, -0.2) is 11.1 Å². The van der Waals surface area contributed by atoms with E-state index in [9.17, 15) is 9.59 Å². The van der Waals surface area contributed by atoms with Gasteiger partial charge in [0.25, 0.3) is 11.1 Å². The highest BCUT2D eigenvalue weighted by Gasteiger charge is 2.24. The highest BCUT2D eigenvalue weighted by atomic mass is 79.9. The minimum atomic E-state index is -0.389. The van der Waals surface area contributed by atoms with E-state index in [2.05, 4.69) is 27.3 Å². The van der Waals surface area contributed by atoms with Gasteiger partial charge < -0.3 is 4.74 Å². The summed E-state index contributed by atoms with van der Waals surface area (Å²) in [4.78, 5) is 23.1. The minimum absolute atomic E-state index is 0.273. The molecule has 1 heterocycles. The van der Waals surface area contributed by atoms with Crippen molar-refractivity contribution >= 4 is 44.9 Å². The van der Waals surface area contributed by atoms with Gasteiger partial charge in [-0.3, -0.25) is 14.9 Å². The second-order valence-corrected chi connectivity index (χ2v) is 6.97. The van der Waals surface area contributed by atoms with E-state index in [4.69, 9.17) is 10.00 Å².